The van der Waals surface area contributed by atoms with Crippen LogP contribution in [0.1, 0.15) is 27.7 Å². The lowest BCUT2D eigenvalue weighted by molar-refractivity contribution is -0.131. The molecule has 1 unspecified atom stereocenters. The van der Waals surface area contributed by atoms with E-state index in [-0.39, 0.29) is 12.5 Å². The number of carbonyl (C=O) groups is 3. The van der Waals surface area contributed by atoms with Crippen LogP contribution in [0, 0.1) is 0 Å². The normalized spacial score (nSPS) is 20.2. The summed E-state index contributed by atoms with van der Waals surface area (Å²) in [7, 11) is 1.31. The Morgan fingerprint density at radius 1 is 1.25 bits per heavy atom. The molecule has 2 aromatic rings. The molecule has 3 amide bonds. The van der Waals surface area contributed by atoms with Gasteiger partial charge in [0.1, 0.15) is 0 Å². The third-order valence-electron chi connectivity index (χ3n) is 4.00. The molecule has 1 fully saturated rings. The minimum absolute atomic E-state index is 0.146. The summed E-state index contributed by atoms with van der Waals surface area (Å²) in [5, 5.41) is 4.63. The Balaban J connectivity index is 1.79. The van der Waals surface area contributed by atoms with Crippen molar-refractivity contribution in [2.24, 2.45) is 0 Å². The molecule has 124 valence electrons. The Morgan fingerprint density at radius 3 is 2.54 bits per heavy atom. The number of amides is 3. The predicted molar refractivity (Wildman–Crippen MR) is 88.5 cm³/mol. The fourth-order valence-electron chi connectivity index (χ4n) is 2.62. The summed E-state index contributed by atoms with van der Waals surface area (Å²) in [5.41, 5.74) is 0.139. The molecule has 1 aromatic heterocycles. The van der Waals surface area contributed by atoms with Gasteiger partial charge in [0.15, 0.2) is 5.54 Å². The molecule has 1 saturated heterocycles. The number of thiophene rings is 1. The molecular weight excluding hydrogens is 328 g/mol. The summed E-state index contributed by atoms with van der Waals surface area (Å²) >= 11 is 1.43. The number of imide groups is 1. The van der Waals surface area contributed by atoms with E-state index in [4.69, 9.17) is 0 Å². The van der Waals surface area contributed by atoms with Gasteiger partial charge in [0.2, 0.25) is 0 Å². The minimum Gasteiger partial charge on any atom is -0.465 e. The molecule has 24 heavy (non-hydrogen) atoms. The molecule has 1 aromatic carbocycles. The van der Waals surface area contributed by atoms with E-state index in [1.54, 1.807) is 31.2 Å². The zero-order valence-corrected chi connectivity index (χ0v) is 14.1. The van der Waals surface area contributed by atoms with Gasteiger partial charge in [-0.25, -0.2) is 9.59 Å². The van der Waals surface area contributed by atoms with Crippen LogP contribution in [-0.2, 0) is 21.6 Å². The topological polar surface area (TPSA) is 75.7 Å². The SMILES string of the molecule is COC(=O)c1ccc(CN2C(=O)NC(C)(c3cccs3)C2=O)cc1. The van der Waals surface area contributed by atoms with Crippen molar-refractivity contribution in [1.82, 2.24) is 10.2 Å². The van der Waals surface area contributed by atoms with E-state index in [1.807, 2.05) is 17.5 Å². The highest BCUT2D eigenvalue weighted by atomic mass is 32.1. The van der Waals surface area contributed by atoms with Crippen molar-refractivity contribution in [3.8, 4) is 0 Å². The maximum atomic E-state index is 12.7. The van der Waals surface area contributed by atoms with Crippen LogP contribution in [0.5, 0.6) is 0 Å². The number of ether oxygens (including phenoxy) is 1. The molecule has 0 bridgehead atoms. The second-order valence-electron chi connectivity index (χ2n) is 5.61. The number of hydrogen-bond acceptors (Lipinski definition) is 5. The van der Waals surface area contributed by atoms with Gasteiger partial charge in [-0.3, -0.25) is 9.69 Å². The number of carbonyl (C=O) groups excluding carboxylic acids is 3. The van der Waals surface area contributed by atoms with Crippen molar-refractivity contribution < 1.29 is 19.1 Å². The lowest BCUT2D eigenvalue weighted by atomic mass is 10.0. The van der Waals surface area contributed by atoms with Gasteiger partial charge in [-0.1, -0.05) is 18.2 Å². The molecule has 7 heteroatoms. The van der Waals surface area contributed by atoms with E-state index < -0.39 is 17.5 Å². The summed E-state index contributed by atoms with van der Waals surface area (Å²) in [6, 6.07) is 9.88. The van der Waals surface area contributed by atoms with Crippen LogP contribution >= 0.6 is 11.3 Å². The molecule has 1 N–H and O–H groups in total. The number of nitrogens with one attached hydrogen (secondary N) is 1. The van der Waals surface area contributed by atoms with E-state index >= 15 is 0 Å². The molecule has 6 nitrogen and oxygen atoms in total. The predicted octanol–water partition coefficient (Wildman–Crippen LogP) is 2.50. The molecule has 0 radical (unpaired) electrons. The molecule has 0 spiro atoms. The number of esters is 1. The first kappa shape index (κ1) is 16.2. The van der Waals surface area contributed by atoms with Gasteiger partial charge in [-0.05, 0) is 36.1 Å². The summed E-state index contributed by atoms with van der Waals surface area (Å²) in [6.07, 6.45) is 0. The van der Waals surface area contributed by atoms with Crippen molar-refractivity contribution >= 4 is 29.2 Å². The molecule has 0 saturated carbocycles. The van der Waals surface area contributed by atoms with Crippen LogP contribution in [0.25, 0.3) is 0 Å². The first-order valence-corrected chi connectivity index (χ1v) is 8.19. The van der Waals surface area contributed by atoms with Gasteiger partial charge < -0.3 is 10.1 Å². The van der Waals surface area contributed by atoms with Crippen molar-refractivity contribution in [3.05, 3.63) is 57.8 Å². The first-order valence-electron chi connectivity index (χ1n) is 7.31. The van der Waals surface area contributed by atoms with E-state index in [2.05, 4.69) is 10.1 Å². The second kappa shape index (κ2) is 6.09. The molecule has 0 aliphatic carbocycles. The van der Waals surface area contributed by atoms with Gasteiger partial charge in [-0.2, -0.15) is 0 Å². The second-order valence-corrected chi connectivity index (χ2v) is 6.56. The fraction of sp³-hybridized carbons (Fsp3) is 0.235. The lowest BCUT2D eigenvalue weighted by Gasteiger charge is -2.20. The summed E-state index contributed by atoms with van der Waals surface area (Å²) in [5.74, 6) is -0.714. The summed E-state index contributed by atoms with van der Waals surface area (Å²) in [4.78, 5) is 38.4. The molecule has 2 heterocycles. The molecular formula is C17H16N2O4S. The average Bonchev–Trinajstić information content (AvgIpc) is 3.19. The minimum atomic E-state index is -1.03. The molecule has 1 atom stereocenters. The highest BCUT2D eigenvalue weighted by molar-refractivity contribution is 7.10. The van der Waals surface area contributed by atoms with Gasteiger partial charge in [0, 0.05) is 4.88 Å². The largest absolute Gasteiger partial charge is 0.465 e. The zero-order valence-electron chi connectivity index (χ0n) is 13.2. The quantitative estimate of drug-likeness (QED) is 0.683. The Labute approximate surface area is 143 Å². The monoisotopic (exact) mass is 344 g/mol. The van der Waals surface area contributed by atoms with Crippen molar-refractivity contribution in [2.45, 2.75) is 19.0 Å². The molecule has 1 aliphatic heterocycles. The van der Waals surface area contributed by atoms with Gasteiger partial charge >= 0.3 is 12.0 Å². The van der Waals surface area contributed by atoms with Crippen molar-refractivity contribution in [3.63, 3.8) is 0 Å². The van der Waals surface area contributed by atoms with Crippen LogP contribution in [0.3, 0.4) is 0 Å². The Bertz CT molecular complexity index is 785. The Hall–Kier alpha value is -2.67. The summed E-state index contributed by atoms with van der Waals surface area (Å²) < 4.78 is 4.65. The highest BCUT2D eigenvalue weighted by Gasteiger charge is 2.49. The van der Waals surface area contributed by atoms with E-state index in [9.17, 15) is 14.4 Å². The lowest BCUT2D eigenvalue weighted by Crippen LogP contribution is -2.40. The Morgan fingerprint density at radius 2 is 1.96 bits per heavy atom. The van der Waals surface area contributed by atoms with Crippen molar-refractivity contribution in [1.29, 1.82) is 0 Å². The van der Waals surface area contributed by atoms with E-state index in [0.717, 1.165) is 10.4 Å². The first-order chi connectivity index (χ1) is 11.5. The van der Waals surface area contributed by atoms with Crippen LogP contribution in [-0.4, -0.2) is 29.9 Å². The van der Waals surface area contributed by atoms with E-state index in [0.29, 0.717) is 5.56 Å². The van der Waals surface area contributed by atoms with Crippen LogP contribution in [0.2, 0.25) is 0 Å². The van der Waals surface area contributed by atoms with Gasteiger partial charge in [0.05, 0.1) is 19.2 Å². The number of nitrogens with zero attached hydrogens (tertiary/aromatic N) is 1. The standard InChI is InChI=1S/C17H16N2O4S/c1-17(13-4-3-9-24-13)15(21)19(16(22)18-17)10-11-5-7-12(8-6-11)14(20)23-2/h3-9H,10H2,1-2H3,(H,18,22). The molecule has 1 aliphatic rings. The third-order valence-corrected chi connectivity index (χ3v) is 5.10. The highest BCUT2D eigenvalue weighted by Crippen LogP contribution is 2.32. The summed E-state index contributed by atoms with van der Waals surface area (Å²) in [6.45, 7) is 1.85. The van der Waals surface area contributed by atoms with Gasteiger partial charge in [0.25, 0.3) is 5.91 Å². The van der Waals surface area contributed by atoms with Crippen molar-refractivity contribution in [2.75, 3.05) is 7.11 Å². The average molecular weight is 344 g/mol. The van der Waals surface area contributed by atoms with Crippen LogP contribution < -0.4 is 5.32 Å². The molecule has 3 rings (SSSR count). The van der Waals surface area contributed by atoms with E-state index in [1.165, 1.54) is 23.3 Å². The maximum absolute atomic E-state index is 12.7. The number of hydrogen-bond donors (Lipinski definition) is 1. The third kappa shape index (κ3) is 2.67. The number of urea groups is 1. The van der Waals surface area contributed by atoms with Crippen LogP contribution in [0.15, 0.2) is 41.8 Å². The Kier molecular flexibility index (Phi) is 4.11. The smallest absolute Gasteiger partial charge is 0.337 e. The fourth-order valence-corrected chi connectivity index (χ4v) is 3.45. The number of benzene rings is 1. The maximum Gasteiger partial charge on any atom is 0.337 e. The van der Waals surface area contributed by atoms with Gasteiger partial charge in [-0.15, -0.1) is 11.3 Å². The zero-order chi connectivity index (χ0) is 17.3. The number of methoxy groups -OCH3 is 1. The van der Waals surface area contributed by atoms with Crippen LogP contribution in [0.4, 0.5) is 4.79 Å². The number of rotatable bonds is 4.